The van der Waals surface area contributed by atoms with E-state index in [1.807, 2.05) is 12.1 Å². The van der Waals surface area contributed by atoms with Gasteiger partial charge in [0.25, 0.3) is 0 Å². The predicted octanol–water partition coefficient (Wildman–Crippen LogP) is 3.65. The fourth-order valence-electron chi connectivity index (χ4n) is 2.58. The van der Waals surface area contributed by atoms with Crippen molar-refractivity contribution < 1.29 is 0 Å². The number of likely N-dealkylation sites (tertiary alicyclic amines) is 1. The minimum absolute atomic E-state index is 0.664. The average Bonchev–Trinajstić information content (AvgIpc) is 2.30. The average molecular weight is 297 g/mol. The minimum Gasteiger partial charge on any atom is -0.399 e. The van der Waals surface area contributed by atoms with Gasteiger partial charge in [-0.25, -0.2) is 0 Å². The maximum atomic E-state index is 5.86. The van der Waals surface area contributed by atoms with Gasteiger partial charge in [0.15, 0.2) is 0 Å². The SMILES string of the molecule is CC1CCCN(Cc2cc(N)ccc2Br)C1C. The summed E-state index contributed by atoms with van der Waals surface area (Å²) in [6.45, 7) is 6.89. The lowest BCUT2D eigenvalue weighted by Gasteiger charge is -2.38. The van der Waals surface area contributed by atoms with Crippen molar-refractivity contribution in [1.29, 1.82) is 0 Å². The second-order valence-corrected chi connectivity index (χ2v) is 6.04. The van der Waals surface area contributed by atoms with Crippen LogP contribution in [0.4, 0.5) is 5.69 Å². The van der Waals surface area contributed by atoms with E-state index in [9.17, 15) is 0 Å². The highest BCUT2D eigenvalue weighted by molar-refractivity contribution is 9.10. The summed E-state index contributed by atoms with van der Waals surface area (Å²) in [5.74, 6) is 0.795. The Bertz CT molecular complexity index is 392. The van der Waals surface area contributed by atoms with Gasteiger partial charge in [0.05, 0.1) is 0 Å². The van der Waals surface area contributed by atoms with Crippen molar-refractivity contribution in [3.63, 3.8) is 0 Å². The Hall–Kier alpha value is -0.540. The van der Waals surface area contributed by atoms with Crippen LogP contribution in [0.5, 0.6) is 0 Å². The van der Waals surface area contributed by atoms with Gasteiger partial charge in [-0.15, -0.1) is 0 Å². The largest absolute Gasteiger partial charge is 0.399 e. The van der Waals surface area contributed by atoms with Crippen LogP contribution in [0.1, 0.15) is 32.3 Å². The first kappa shape index (κ1) is 12.9. The number of nitrogen functional groups attached to an aromatic ring is 1. The van der Waals surface area contributed by atoms with Crippen LogP contribution < -0.4 is 5.73 Å². The molecule has 1 aromatic carbocycles. The molecule has 1 aromatic rings. The van der Waals surface area contributed by atoms with E-state index in [-0.39, 0.29) is 0 Å². The second kappa shape index (κ2) is 5.40. The van der Waals surface area contributed by atoms with Crippen molar-refractivity contribution in [3.05, 3.63) is 28.2 Å². The van der Waals surface area contributed by atoms with Crippen molar-refractivity contribution in [2.24, 2.45) is 5.92 Å². The van der Waals surface area contributed by atoms with Gasteiger partial charge in [-0.3, -0.25) is 4.90 Å². The Morgan fingerprint density at radius 2 is 2.18 bits per heavy atom. The molecule has 1 aliphatic rings. The van der Waals surface area contributed by atoms with Crippen LogP contribution in [0.15, 0.2) is 22.7 Å². The molecule has 0 bridgehead atoms. The highest BCUT2D eigenvalue weighted by Gasteiger charge is 2.24. The fourth-order valence-corrected chi connectivity index (χ4v) is 2.95. The van der Waals surface area contributed by atoms with Crippen LogP contribution in [0.3, 0.4) is 0 Å². The number of benzene rings is 1. The van der Waals surface area contributed by atoms with E-state index in [1.54, 1.807) is 0 Å². The summed E-state index contributed by atoms with van der Waals surface area (Å²) in [5, 5.41) is 0. The normalized spacial score (nSPS) is 26.1. The van der Waals surface area contributed by atoms with E-state index in [0.717, 1.165) is 22.6 Å². The van der Waals surface area contributed by atoms with Crippen LogP contribution in [0.25, 0.3) is 0 Å². The van der Waals surface area contributed by atoms with Gasteiger partial charge in [-0.1, -0.05) is 22.9 Å². The Labute approximate surface area is 112 Å². The molecule has 2 unspecified atom stereocenters. The molecule has 0 spiro atoms. The number of nitrogens with two attached hydrogens (primary N) is 1. The summed E-state index contributed by atoms with van der Waals surface area (Å²) in [5.41, 5.74) is 8.00. The first-order chi connectivity index (χ1) is 8.08. The van der Waals surface area contributed by atoms with Crippen LogP contribution in [-0.4, -0.2) is 17.5 Å². The van der Waals surface area contributed by atoms with E-state index < -0.39 is 0 Å². The van der Waals surface area contributed by atoms with Gasteiger partial charge in [0.1, 0.15) is 0 Å². The molecule has 2 rings (SSSR count). The molecule has 0 radical (unpaired) electrons. The Kier molecular flexibility index (Phi) is 4.10. The number of hydrogen-bond donors (Lipinski definition) is 1. The first-order valence-electron chi connectivity index (χ1n) is 6.36. The number of nitrogens with zero attached hydrogens (tertiary/aromatic N) is 1. The van der Waals surface area contributed by atoms with Crippen LogP contribution >= 0.6 is 15.9 Å². The molecule has 1 heterocycles. The van der Waals surface area contributed by atoms with Crippen LogP contribution in [-0.2, 0) is 6.54 Å². The zero-order chi connectivity index (χ0) is 12.4. The van der Waals surface area contributed by atoms with Gasteiger partial charge < -0.3 is 5.73 Å². The molecule has 0 amide bonds. The third kappa shape index (κ3) is 3.02. The monoisotopic (exact) mass is 296 g/mol. The highest BCUT2D eigenvalue weighted by atomic mass is 79.9. The summed E-state index contributed by atoms with van der Waals surface area (Å²) in [7, 11) is 0. The molecule has 0 saturated carbocycles. The summed E-state index contributed by atoms with van der Waals surface area (Å²) in [4.78, 5) is 2.56. The van der Waals surface area contributed by atoms with Gasteiger partial charge in [-0.2, -0.15) is 0 Å². The molecule has 17 heavy (non-hydrogen) atoms. The van der Waals surface area contributed by atoms with Crippen LogP contribution in [0, 0.1) is 5.92 Å². The molecule has 1 fully saturated rings. The fraction of sp³-hybridized carbons (Fsp3) is 0.571. The van der Waals surface area contributed by atoms with Crippen molar-refractivity contribution in [2.45, 2.75) is 39.3 Å². The van der Waals surface area contributed by atoms with Crippen molar-refractivity contribution in [3.8, 4) is 0 Å². The van der Waals surface area contributed by atoms with Crippen molar-refractivity contribution in [1.82, 2.24) is 4.90 Å². The lowest BCUT2D eigenvalue weighted by atomic mass is 9.92. The molecule has 0 aromatic heterocycles. The molecular formula is C14H21BrN2. The van der Waals surface area contributed by atoms with E-state index in [4.69, 9.17) is 5.73 Å². The lowest BCUT2D eigenvalue weighted by Crippen LogP contribution is -2.41. The standard InChI is InChI=1S/C14H21BrN2/c1-10-4-3-7-17(11(10)2)9-12-8-13(16)5-6-14(12)15/h5-6,8,10-11H,3-4,7,9,16H2,1-2H3. The van der Waals surface area contributed by atoms with E-state index >= 15 is 0 Å². The minimum atomic E-state index is 0.664. The maximum Gasteiger partial charge on any atom is 0.0318 e. The molecule has 1 saturated heterocycles. The maximum absolute atomic E-state index is 5.86. The molecular weight excluding hydrogens is 276 g/mol. The molecule has 0 aliphatic carbocycles. The highest BCUT2D eigenvalue weighted by Crippen LogP contribution is 2.27. The molecule has 2 atom stereocenters. The third-order valence-electron chi connectivity index (χ3n) is 3.95. The predicted molar refractivity (Wildman–Crippen MR) is 76.8 cm³/mol. The van der Waals surface area contributed by atoms with Crippen LogP contribution in [0.2, 0.25) is 0 Å². The summed E-state index contributed by atoms with van der Waals surface area (Å²) in [6.07, 6.45) is 2.67. The number of rotatable bonds is 2. The zero-order valence-corrected chi connectivity index (χ0v) is 12.2. The molecule has 94 valence electrons. The van der Waals surface area contributed by atoms with E-state index in [2.05, 4.69) is 40.7 Å². The van der Waals surface area contributed by atoms with E-state index in [1.165, 1.54) is 24.9 Å². The molecule has 3 heteroatoms. The third-order valence-corrected chi connectivity index (χ3v) is 4.72. The summed E-state index contributed by atoms with van der Waals surface area (Å²) >= 11 is 3.61. The molecule has 2 N–H and O–H groups in total. The number of halogens is 1. The zero-order valence-electron chi connectivity index (χ0n) is 10.6. The number of piperidine rings is 1. The Morgan fingerprint density at radius 3 is 2.94 bits per heavy atom. The quantitative estimate of drug-likeness (QED) is 0.844. The van der Waals surface area contributed by atoms with Gasteiger partial charge in [-0.05, 0) is 56.0 Å². The first-order valence-corrected chi connectivity index (χ1v) is 7.15. The number of anilines is 1. The molecule has 2 nitrogen and oxygen atoms in total. The Balaban J connectivity index is 2.11. The van der Waals surface area contributed by atoms with Crippen molar-refractivity contribution >= 4 is 21.6 Å². The lowest BCUT2D eigenvalue weighted by molar-refractivity contribution is 0.106. The topological polar surface area (TPSA) is 29.3 Å². The van der Waals surface area contributed by atoms with Gasteiger partial charge in [0.2, 0.25) is 0 Å². The van der Waals surface area contributed by atoms with Crippen molar-refractivity contribution in [2.75, 3.05) is 12.3 Å². The number of hydrogen-bond acceptors (Lipinski definition) is 2. The smallest absolute Gasteiger partial charge is 0.0318 e. The molecule has 1 aliphatic heterocycles. The van der Waals surface area contributed by atoms with E-state index in [0.29, 0.717) is 6.04 Å². The van der Waals surface area contributed by atoms with Gasteiger partial charge in [0, 0.05) is 22.7 Å². The summed E-state index contributed by atoms with van der Waals surface area (Å²) < 4.78 is 1.16. The van der Waals surface area contributed by atoms with Gasteiger partial charge >= 0.3 is 0 Å². The summed E-state index contributed by atoms with van der Waals surface area (Å²) in [6, 6.07) is 6.73. The second-order valence-electron chi connectivity index (χ2n) is 5.18. The Morgan fingerprint density at radius 1 is 1.41 bits per heavy atom.